The fraction of sp³-hybridized carbons (Fsp3) is 0.231. The van der Waals surface area contributed by atoms with E-state index >= 15 is 0 Å². The van der Waals surface area contributed by atoms with Crippen LogP contribution in [0.3, 0.4) is 0 Å². The molecule has 0 N–H and O–H groups in total. The number of rotatable bonds is 0. The number of benzene rings is 1. The molecule has 0 spiro atoms. The van der Waals surface area contributed by atoms with Gasteiger partial charge in [-0.1, -0.05) is 0 Å². The highest BCUT2D eigenvalue weighted by Gasteiger charge is 2.31. The molecule has 0 saturated heterocycles. The molecular weight excluding hydrogens is 259 g/mol. The van der Waals surface area contributed by atoms with Crippen LogP contribution in [0.15, 0.2) is 24.3 Å². The molecule has 6 heteroatoms. The minimum atomic E-state index is -4.39. The summed E-state index contributed by atoms with van der Waals surface area (Å²) in [5, 5.41) is 0.378. The summed E-state index contributed by atoms with van der Waals surface area (Å²) in [4.78, 5) is 15.6. The fourth-order valence-corrected chi connectivity index (χ4v) is 2.09. The lowest BCUT2D eigenvalue weighted by atomic mass is 10.0. The number of ether oxygens (including phenoxy) is 1. The van der Waals surface area contributed by atoms with Crippen molar-refractivity contribution in [1.29, 1.82) is 0 Å². The smallest absolute Gasteiger partial charge is 0.416 e. The van der Waals surface area contributed by atoms with E-state index in [-0.39, 0.29) is 12.3 Å². The third-order valence-electron chi connectivity index (χ3n) is 3.02. The Hall–Kier alpha value is -2.11. The fourth-order valence-electron chi connectivity index (χ4n) is 2.09. The number of aromatic nitrogens is 1. The molecule has 1 aliphatic rings. The zero-order valence-corrected chi connectivity index (χ0v) is 9.62. The Kier molecular flexibility index (Phi) is 2.48. The van der Waals surface area contributed by atoms with E-state index in [2.05, 4.69) is 4.98 Å². The molecule has 0 atom stereocenters. The van der Waals surface area contributed by atoms with Crippen molar-refractivity contribution in [1.82, 2.24) is 4.98 Å². The molecule has 1 aromatic carbocycles. The van der Waals surface area contributed by atoms with E-state index in [0.29, 0.717) is 22.9 Å². The Balaban J connectivity index is 2.20. The van der Waals surface area contributed by atoms with E-state index in [1.165, 1.54) is 6.07 Å². The quantitative estimate of drug-likeness (QED) is 0.689. The molecule has 2 aromatic rings. The van der Waals surface area contributed by atoms with Crippen molar-refractivity contribution < 1.29 is 22.7 Å². The highest BCUT2D eigenvalue weighted by atomic mass is 19.4. The molecule has 3 rings (SSSR count). The summed E-state index contributed by atoms with van der Waals surface area (Å²) in [6.07, 6.45) is -3.91. The molecule has 0 saturated carbocycles. The highest BCUT2D eigenvalue weighted by molar-refractivity contribution is 5.93. The largest absolute Gasteiger partial charge is 0.461 e. The summed E-state index contributed by atoms with van der Waals surface area (Å²) in [5.74, 6) is -0.525. The van der Waals surface area contributed by atoms with E-state index in [9.17, 15) is 18.0 Å². The second-order valence-corrected chi connectivity index (χ2v) is 4.29. The Morgan fingerprint density at radius 1 is 1.21 bits per heavy atom. The SMILES string of the molecule is O=C1OCCc2cc3cc(C(F)(F)F)ccc3nc21. The van der Waals surface area contributed by atoms with Gasteiger partial charge in [-0.25, -0.2) is 9.78 Å². The molecule has 0 amide bonds. The first-order chi connectivity index (χ1) is 8.95. The first-order valence-corrected chi connectivity index (χ1v) is 5.63. The van der Waals surface area contributed by atoms with Crippen LogP contribution in [-0.2, 0) is 17.3 Å². The molecule has 0 radical (unpaired) electrons. The van der Waals surface area contributed by atoms with Crippen LogP contribution in [0.4, 0.5) is 13.2 Å². The number of carbonyl (C=O) groups excluding carboxylic acids is 1. The van der Waals surface area contributed by atoms with Crippen LogP contribution in [0.25, 0.3) is 10.9 Å². The topological polar surface area (TPSA) is 39.2 Å². The molecule has 0 bridgehead atoms. The first kappa shape index (κ1) is 12.0. The zero-order valence-electron chi connectivity index (χ0n) is 9.62. The van der Waals surface area contributed by atoms with E-state index in [1.54, 1.807) is 6.07 Å². The molecule has 19 heavy (non-hydrogen) atoms. The molecule has 1 aliphatic heterocycles. The van der Waals surface area contributed by atoms with E-state index < -0.39 is 17.7 Å². The average molecular weight is 267 g/mol. The number of nitrogens with zero attached hydrogens (tertiary/aromatic N) is 1. The normalized spacial score (nSPS) is 15.2. The monoisotopic (exact) mass is 267 g/mol. The minimum absolute atomic E-state index is 0.193. The number of hydrogen-bond donors (Lipinski definition) is 0. The molecule has 98 valence electrons. The standard InChI is InChI=1S/C13H8F3NO2/c14-13(15,16)9-1-2-10-8(6-9)5-7-3-4-19-12(18)11(7)17-10/h1-2,5-6H,3-4H2. The van der Waals surface area contributed by atoms with Gasteiger partial charge in [-0.15, -0.1) is 0 Å². The Labute approximate surface area is 106 Å². The van der Waals surface area contributed by atoms with Gasteiger partial charge >= 0.3 is 12.1 Å². The zero-order chi connectivity index (χ0) is 13.6. The highest BCUT2D eigenvalue weighted by Crippen LogP contribution is 2.32. The molecule has 0 aliphatic carbocycles. The van der Waals surface area contributed by atoms with Crippen LogP contribution in [0.1, 0.15) is 21.6 Å². The number of carbonyl (C=O) groups is 1. The summed E-state index contributed by atoms with van der Waals surface area (Å²) < 4.78 is 42.7. The Morgan fingerprint density at radius 3 is 2.74 bits per heavy atom. The number of hydrogen-bond acceptors (Lipinski definition) is 3. The van der Waals surface area contributed by atoms with Crippen molar-refractivity contribution in [2.24, 2.45) is 0 Å². The predicted octanol–water partition coefficient (Wildman–Crippen LogP) is 2.97. The molecule has 2 heterocycles. The van der Waals surface area contributed by atoms with Crippen molar-refractivity contribution in [3.8, 4) is 0 Å². The third-order valence-corrected chi connectivity index (χ3v) is 3.02. The third kappa shape index (κ3) is 2.03. The summed E-state index contributed by atoms with van der Waals surface area (Å²) in [7, 11) is 0. The Morgan fingerprint density at radius 2 is 2.00 bits per heavy atom. The predicted molar refractivity (Wildman–Crippen MR) is 60.7 cm³/mol. The lowest BCUT2D eigenvalue weighted by molar-refractivity contribution is -0.137. The number of pyridine rings is 1. The molecule has 1 aromatic heterocycles. The summed E-state index contributed by atoms with van der Waals surface area (Å²) in [6, 6.07) is 4.84. The second kappa shape index (κ2) is 3.94. The minimum Gasteiger partial charge on any atom is -0.461 e. The van der Waals surface area contributed by atoms with Gasteiger partial charge in [0.15, 0.2) is 5.69 Å². The Bertz CT molecular complexity index is 679. The van der Waals surface area contributed by atoms with Gasteiger partial charge in [-0.05, 0) is 29.8 Å². The van der Waals surface area contributed by atoms with Gasteiger partial charge in [0.1, 0.15) is 0 Å². The van der Waals surface area contributed by atoms with Crippen LogP contribution in [0.5, 0.6) is 0 Å². The van der Waals surface area contributed by atoms with Gasteiger partial charge in [-0.3, -0.25) is 0 Å². The molecule has 0 unspecified atom stereocenters. The van der Waals surface area contributed by atoms with Gasteiger partial charge in [0.2, 0.25) is 0 Å². The van der Waals surface area contributed by atoms with Gasteiger partial charge in [0.25, 0.3) is 0 Å². The van der Waals surface area contributed by atoms with Crippen LogP contribution in [-0.4, -0.2) is 17.6 Å². The first-order valence-electron chi connectivity index (χ1n) is 5.63. The number of halogens is 3. The molecule has 3 nitrogen and oxygen atoms in total. The number of fused-ring (bicyclic) bond motifs is 2. The van der Waals surface area contributed by atoms with Crippen LogP contribution < -0.4 is 0 Å². The maximum Gasteiger partial charge on any atom is 0.416 e. The van der Waals surface area contributed by atoms with E-state index in [1.807, 2.05) is 0 Å². The summed E-state index contributed by atoms with van der Waals surface area (Å²) in [6.45, 7) is 0.234. The molecular formula is C13H8F3NO2. The van der Waals surface area contributed by atoms with Gasteiger partial charge < -0.3 is 4.74 Å². The summed E-state index contributed by atoms with van der Waals surface area (Å²) >= 11 is 0. The lowest BCUT2D eigenvalue weighted by Crippen LogP contribution is -2.19. The van der Waals surface area contributed by atoms with Crippen LogP contribution in [0, 0.1) is 0 Å². The maximum atomic E-state index is 12.6. The average Bonchev–Trinajstić information content (AvgIpc) is 2.35. The van der Waals surface area contributed by atoms with E-state index in [4.69, 9.17) is 4.74 Å². The lowest BCUT2D eigenvalue weighted by Gasteiger charge is -2.16. The maximum absolute atomic E-state index is 12.6. The number of alkyl halides is 3. The van der Waals surface area contributed by atoms with Gasteiger partial charge in [-0.2, -0.15) is 13.2 Å². The van der Waals surface area contributed by atoms with Crippen LogP contribution in [0.2, 0.25) is 0 Å². The number of cyclic esters (lactones) is 1. The number of esters is 1. The van der Waals surface area contributed by atoms with Crippen molar-refractivity contribution in [3.63, 3.8) is 0 Å². The molecule has 0 fully saturated rings. The van der Waals surface area contributed by atoms with Crippen molar-refractivity contribution in [2.75, 3.05) is 6.61 Å². The van der Waals surface area contributed by atoms with Gasteiger partial charge in [0, 0.05) is 11.8 Å². The van der Waals surface area contributed by atoms with E-state index in [0.717, 1.165) is 12.1 Å². The summed E-state index contributed by atoms with van der Waals surface area (Å²) in [5.41, 5.74) is 0.451. The van der Waals surface area contributed by atoms with Crippen molar-refractivity contribution >= 4 is 16.9 Å². The van der Waals surface area contributed by atoms with Crippen molar-refractivity contribution in [3.05, 3.63) is 41.1 Å². The van der Waals surface area contributed by atoms with Gasteiger partial charge in [0.05, 0.1) is 17.7 Å². The van der Waals surface area contributed by atoms with Crippen molar-refractivity contribution in [2.45, 2.75) is 12.6 Å². The second-order valence-electron chi connectivity index (χ2n) is 4.29. The van der Waals surface area contributed by atoms with Crippen LogP contribution >= 0.6 is 0 Å².